The second-order valence-electron chi connectivity index (χ2n) is 10.9. The minimum absolute atomic E-state index is 0.00612. The lowest BCUT2D eigenvalue weighted by molar-refractivity contribution is -0.139. The lowest BCUT2D eigenvalue weighted by Crippen LogP contribution is -2.53. The second-order valence-corrected chi connectivity index (χ2v) is 10.9. The normalized spacial score (nSPS) is 28.1. The molecule has 3 fully saturated rings. The molecule has 5 rings (SSSR count). The molecule has 0 unspecified atom stereocenters. The highest BCUT2D eigenvalue weighted by Crippen LogP contribution is 2.24. The molecule has 1 saturated carbocycles. The third kappa shape index (κ3) is 7.19. The van der Waals surface area contributed by atoms with Crippen molar-refractivity contribution >= 4 is 17.7 Å². The number of carbonyl (C=O) groups excluding carboxylic acids is 3. The molecule has 2 aliphatic heterocycles. The van der Waals surface area contributed by atoms with E-state index in [2.05, 4.69) is 26.3 Å². The number of carbonyl (C=O) groups is 3. The summed E-state index contributed by atoms with van der Waals surface area (Å²) in [5, 5.41) is 47.6. The Bertz CT molecular complexity index is 1220. The number of aliphatic hydroxyl groups is 2. The van der Waals surface area contributed by atoms with Gasteiger partial charge in [0.15, 0.2) is 0 Å². The minimum Gasteiger partial charge on any atom is -0.508 e. The van der Waals surface area contributed by atoms with Gasteiger partial charge in [-0.1, -0.05) is 18.1 Å². The Labute approximate surface area is 237 Å². The Balaban J connectivity index is 1.31. The number of hydrogen-bond donors (Lipinski definition) is 6. The molecule has 6 N–H and O–H groups in total. The second kappa shape index (κ2) is 12.9. The molecule has 1 aromatic carbocycles. The molecule has 3 heterocycles. The van der Waals surface area contributed by atoms with Gasteiger partial charge in [-0.15, -0.1) is 5.10 Å². The first-order valence-electron chi connectivity index (χ1n) is 14.1. The van der Waals surface area contributed by atoms with Crippen LogP contribution in [0.5, 0.6) is 5.75 Å². The molecule has 14 heteroatoms. The maximum atomic E-state index is 13.3. The average Bonchev–Trinajstić information content (AvgIpc) is 3.70. The highest BCUT2D eigenvalue weighted by Gasteiger charge is 2.44. The van der Waals surface area contributed by atoms with E-state index in [1.807, 2.05) is 0 Å². The number of nitrogens with zero attached hydrogens (tertiary/aromatic N) is 4. The third-order valence-electron chi connectivity index (χ3n) is 7.89. The first-order chi connectivity index (χ1) is 19.8. The number of benzene rings is 1. The maximum absolute atomic E-state index is 13.3. The van der Waals surface area contributed by atoms with Crippen LogP contribution in [0.2, 0.25) is 0 Å². The van der Waals surface area contributed by atoms with E-state index in [0.717, 1.165) is 25.7 Å². The zero-order valence-corrected chi connectivity index (χ0v) is 22.7. The van der Waals surface area contributed by atoms with E-state index >= 15 is 0 Å². The van der Waals surface area contributed by atoms with E-state index in [1.54, 1.807) is 18.3 Å². The largest absolute Gasteiger partial charge is 0.508 e. The topological polar surface area (TPSA) is 191 Å². The fraction of sp³-hybridized carbons (Fsp3) is 0.593. The predicted octanol–water partition coefficient (Wildman–Crippen LogP) is -1.63. The highest BCUT2D eigenvalue weighted by atomic mass is 16.5. The van der Waals surface area contributed by atoms with Gasteiger partial charge >= 0.3 is 0 Å². The molecule has 3 amide bonds. The lowest BCUT2D eigenvalue weighted by Gasteiger charge is -2.26. The van der Waals surface area contributed by atoms with Gasteiger partial charge in [0, 0.05) is 32.1 Å². The molecule has 2 saturated heterocycles. The van der Waals surface area contributed by atoms with E-state index in [1.165, 1.54) is 21.7 Å². The van der Waals surface area contributed by atoms with Crippen molar-refractivity contribution in [3.63, 3.8) is 0 Å². The van der Waals surface area contributed by atoms with Crippen molar-refractivity contribution in [3.05, 3.63) is 36.2 Å². The maximum Gasteiger partial charge on any atom is 0.243 e. The Hall–Kier alpha value is -3.59. The Morgan fingerprint density at radius 3 is 2.54 bits per heavy atom. The van der Waals surface area contributed by atoms with Crippen molar-refractivity contribution in [1.82, 2.24) is 35.8 Å². The van der Waals surface area contributed by atoms with Gasteiger partial charge in [-0.05, 0) is 37.1 Å². The van der Waals surface area contributed by atoms with Crippen molar-refractivity contribution < 1.29 is 34.4 Å². The van der Waals surface area contributed by atoms with Gasteiger partial charge in [-0.25, -0.2) is 4.68 Å². The van der Waals surface area contributed by atoms with Crippen LogP contribution in [-0.4, -0.2) is 116 Å². The monoisotopic (exact) mass is 571 g/mol. The Morgan fingerprint density at radius 1 is 1.05 bits per heavy atom. The number of amides is 3. The Kier molecular flexibility index (Phi) is 9.12. The van der Waals surface area contributed by atoms with Crippen LogP contribution in [0.1, 0.15) is 37.8 Å². The van der Waals surface area contributed by atoms with Crippen LogP contribution in [0.15, 0.2) is 30.5 Å². The van der Waals surface area contributed by atoms with E-state index < -0.39 is 48.2 Å². The zero-order chi connectivity index (χ0) is 28.9. The van der Waals surface area contributed by atoms with Crippen molar-refractivity contribution in [2.45, 2.75) is 75.0 Å². The van der Waals surface area contributed by atoms with Crippen LogP contribution in [0.25, 0.3) is 5.69 Å². The summed E-state index contributed by atoms with van der Waals surface area (Å²) in [4.78, 5) is 41.0. The summed E-state index contributed by atoms with van der Waals surface area (Å²) < 4.78 is 7.25. The SMILES string of the molecule is O=C1CN(CCNC2CCCC2)C(=O)C[C@@H]2O[C@H](CNC(=O)[C@@H](Cc3cn(-c4ccc(O)cc4)nn3)N1)[C@@H](O)[C@H]2O. The molecule has 222 valence electrons. The lowest BCUT2D eigenvalue weighted by atomic mass is 10.0. The van der Waals surface area contributed by atoms with Gasteiger partial charge in [0.2, 0.25) is 17.7 Å². The van der Waals surface area contributed by atoms with Gasteiger partial charge in [-0.3, -0.25) is 14.4 Å². The van der Waals surface area contributed by atoms with Crippen molar-refractivity contribution in [1.29, 1.82) is 0 Å². The summed E-state index contributed by atoms with van der Waals surface area (Å²) in [5.74, 6) is -1.34. The van der Waals surface area contributed by atoms with E-state index in [4.69, 9.17) is 4.74 Å². The van der Waals surface area contributed by atoms with Crippen molar-refractivity contribution in [3.8, 4) is 11.4 Å². The molecule has 0 radical (unpaired) electrons. The Morgan fingerprint density at radius 2 is 1.78 bits per heavy atom. The van der Waals surface area contributed by atoms with Crippen LogP contribution in [0, 0.1) is 0 Å². The number of nitrogens with one attached hydrogen (secondary N) is 3. The molecule has 5 atom stereocenters. The fourth-order valence-corrected chi connectivity index (χ4v) is 5.57. The van der Waals surface area contributed by atoms with Crippen molar-refractivity contribution in [2.24, 2.45) is 0 Å². The van der Waals surface area contributed by atoms with Gasteiger partial charge in [-0.2, -0.15) is 0 Å². The number of fused-ring (bicyclic) bond motifs is 2. The van der Waals surface area contributed by atoms with Gasteiger partial charge in [0.25, 0.3) is 0 Å². The summed E-state index contributed by atoms with van der Waals surface area (Å²) >= 11 is 0. The van der Waals surface area contributed by atoms with Crippen LogP contribution in [0.4, 0.5) is 0 Å². The predicted molar refractivity (Wildman–Crippen MR) is 144 cm³/mol. The van der Waals surface area contributed by atoms with E-state index in [-0.39, 0.29) is 38.2 Å². The van der Waals surface area contributed by atoms with Crippen LogP contribution >= 0.6 is 0 Å². The summed E-state index contributed by atoms with van der Waals surface area (Å²) in [5.41, 5.74) is 1.06. The quantitative estimate of drug-likeness (QED) is 0.225. The van der Waals surface area contributed by atoms with Crippen LogP contribution in [0.3, 0.4) is 0 Å². The number of aliphatic hydroxyl groups excluding tert-OH is 2. The first-order valence-corrected chi connectivity index (χ1v) is 14.1. The van der Waals surface area contributed by atoms with Gasteiger partial charge in [0.1, 0.15) is 30.1 Å². The molecule has 41 heavy (non-hydrogen) atoms. The summed E-state index contributed by atoms with van der Waals surface area (Å²) in [6.45, 7) is 0.343. The number of ether oxygens (including phenoxy) is 1. The number of aromatic nitrogens is 3. The van der Waals surface area contributed by atoms with E-state index in [0.29, 0.717) is 24.0 Å². The van der Waals surface area contributed by atoms with Gasteiger partial charge in [0.05, 0.1) is 36.6 Å². The summed E-state index contributed by atoms with van der Waals surface area (Å²) in [6.07, 6.45) is 1.42. The molecule has 14 nitrogen and oxygen atoms in total. The molecule has 1 aromatic heterocycles. The number of rotatable bonds is 7. The molecule has 3 aliphatic rings. The smallest absolute Gasteiger partial charge is 0.243 e. The summed E-state index contributed by atoms with van der Waals surface area (Å²) in [6, 6.07) is 5.66. The van der Waals surface area contributed by atoms with E-state index in [9.17, 15) is 29.7 Å². The number of phenolic OH excluding ortho intramolecular Hbond substituents is 1. The van der Waals surface area contributed by atoms with Crippen LogP contribution in [-0.2, 0) is 25.5 Å². The first kappa shape index (κ1) is 28.9. The number of phenols is 1. The molecule has 2 aromatic rings. The molecule has 1 aliphatic carbocycles. The standard InChI is InChI=1S/C27H37N7O7/c35-19-7-5-18(6-8-19)34-14-17(31-32-34)11-20-27(40)29-13-22-26(39)25(38)21(41-22)12-24(37)33(15-23(36)30-20)10-9-28-16-3-1-2-4-16/h5-8,14,16,20-22,25-26,28,35,38-39H,1-4,9-13,15H2,(H,29,40)(H,30,36)/t20-,21+,22-,25+,26-/m1/s1. The number of hydrogen-bond acceptors (Lipinski definition) is 10. The molecular weight excluding hydrogens is 534 g/mol. The van der Waals surface area contributed by atoms with Crippen molar-refractivity contribution in [2.75, 3.05) is 26.2 Å². The highest BCUT2D eigenvalue weighted by molar-refractivity contribution is 5.90. The van der Waals surface area contributed by atoms with Crippen LogP contribution < -0.4 is 16.0 Å². The fourth-order valence-electron chi connectivity index (χ4n) is 5.57. The minimum atomic E-state index is -1.30. The molecule has 0 spiro atoms. The average molecular weight is 572 g/mol. The zero-order valence-electron chi connectivity index (χ0n) is 22.7. The molecule has 2 bridgehead atoms. The summed E-state index contributed by atoms with van der Waals surface area (Å²) in [7, 11) is 0. The molecular formula is C27H37N7O7. The third-order valence-corrected chi connectivity index (χ3v) is 7.89. The van der Waals surface area contributed by atoms with Gasteiger partial charge < -0.3 is 40.9 Å². The number of aromatic hydroxyl groups is 1.